The zero-order valence-electron chi connectivity index (χ0n) is 10.5. The molecule has 0 spiro atoms. The van der Waals surface area contributed by atoms with E-state index in [9.17, 15) is 0 Å². The number of ether oxygens (including phenoxy) is 1. The van der Waals surface area contributed by atoms with Gasteiger partial charge in [0.25, 0.3) is 0 Å². The molecule has 0 bridgehead atoms. The normalized spacial score (nSPS) is 10.4. The number of hydrogen-bond donors (Lipinski definition) is 1. The number of para-hydroxylation sites is 1. The number of nitrogens with zero attached hydrogens (tertiary/aromatic N) is 2. The largest absolute Gasteiger partial charge is 0.494 e. The molecule has 1 aromatic heterocycles. The molecule has 0 radical (unpaired) electrons. The Labute approximate surface area is 108 Å². The van der Waals surface area contributed by atoms with Gasteiger partial charge in [-0.2, -0.15) is 0 Å². The molecule has 0 aliphatic heterocycles. The number of rotatable bonds is 8. The van der Waals surface area contributed by atoms with Gasteiger partial charge in [0.15, 0.2) is 0 Å². The van der Waals surface area contributed by atoms with Crippen molar-refractivity contribution in [2.75, 3.05) is 19.7 Å². The molecule has 0 amide bonds. The first-order chi connectivity index (χ1) is 8.95. The minimum atomic E-state index is 0.752. The van der Waals surface area contributed by atoms with Gasteiger partial charge >= 0.3 is 0 Å². The monoisotopic (exact) mass is 245 g/mol. The van der Waals surface area contributed by atoms with E-state index in [1.54, 1.807) is 6.20 Å². The van der Waals surface area contributed by atoms with Gasteiger partial charge in [-0.05, 0) is 25.1 Å². The molecule has 18 heavy (non-hydrogen) atoms. The number of benzene rings is 1. The highest BCUT2D eigenvalue weighted by atomic mass is 16.5. The molecular formula is C14H19N3O. The first-order valence-corrected chi connectivity index (χ1v) is 6.29. The first kappa shape index (κ1) is 12.6. The molecule has 1 aromatic carbocycles. The second kappa shape index (κ2) is 7.50. The molecule has 2 rings (SSSR count). The molecule has 96 valence electrons. The van der Waals surface area contributed by atoms with E-state index in [-0.39, 0.29) is 0 Å². The third-order valence-corrected chi connectivity index (χ3v) is 2.62. The van der Waals surface area contributed by atoms with Crippen molar-refractivity contribution in [3.8, 4) is 5.75 Å². The Kier molecular flexibility index (Phi) is 5.27. The average Bonchev–Trinajstić information content (AvgIpc) is 2.92. The van der Waals surface area contributed by atoms with E-state index in [1.165, 1.54) is 0 Å². The molecule has 0 saturated carbocycles. The molecule has 4 heteroatoms. The fraction of sp³-hybridized carbons (Fsp3) is 0.357. The van der Waals surface area contributed by atoms with Crippen molar-refractivity contribution in [3.63, 3.8) is 0 Å². The Morgan fingerprint density at radius 3 is 2.83 bits per heavy atom. The summed E-state index contributed by atoms with van der Waals surface area (Å²) in [5, 5.41) is 3.38. The van der Waals surface area contributed by atoms with Gasteiger partial charge in [0, 0.05) is 25.5 Å². The smallest absolute Gasteiger partial charge is 0.119 e. The number of nitrogens with one attached hydrogen (secondary N) is 1. The van der Waals surface area contributed by atoms with Crippen LogP contribution in [0, 0.1) is 0 Å². The molecule has 1 heterocycles. The van der Waals surface area contributed by atoms with E-state index in [4.69, 9.17) is 4.74 Å². The Morgan fingerprint density at radius 2 is 2.06 bits per heavy atom. The Balaban J connectivity index is 1.47. The van der Waals surface area contributed by atoms with Gasteiger partial charge < -0.3 is 14.6 Å². The van der Waals surface area contributed by atoms with Crippen LogP contribution in [-0.2, 0) is 6.54 Å². The highest BCUT2D eigenvalue weighted by molar-refractivity contribution is 5.20. The summed E-state index contributed by atoms with van der Waals surface area (Å²) in [6.07, 6.45) is 6.62. The topological polar surface area (TPSA) is 39.1 Å². The van der Waals surface area contributed by atoms with Crippen LogP contribution in [-0.4, -0.2) is 29.2 Å². The van der Waals surface area contributed by atoms with Gasteiger partial charge in [0.05, 0.1) is 12.9 Å². The van der Waals surface area contributed by atoms with Crippen LogP contribution in [0.1, 0.15) is 6.42 Å². The molecule has 0 aliphatic carbocycles. The van der Waals surface area contributed by atoms with Crippen LogP contribution in [0.25, 0.3) is 0 Å². The van der Waals surface area contributed by atoms with Gasteiger partial charge in [-0.25, -0.2) is 4.98 Å². The third kappa shape index (κ3) is 4.59. The highest BCUT2D eigenvalue weighted by Gasteiger charge is 1.93. The van der Waals surface area contributed by atoms with E-state index < -0.39 is 0 Å². The minimum absolute atomic E-state index is 0.752. The summed E-state index contributed by atoms with van der Waals surface area (Å²) in [6, 6.07) is 9.92. The zero-order chi connectivity index (χ0) is 12.5. The molecule has 0 aliphatic rings. The van der Waals surface area contributed by atoms with Crippen LogP contribution in [0.2, 0.25) is 0 Å². The van der Waals surface area contributed by atoms with Crippen LogP contribution < -0.4 is 10.1 Å². The van der Waals surface area contributed by atoms with Crippen LogP contribution in [0.5, 0.6) is 5.75 Å². The molecule has 0 unspecified atom stereocenters. The Hall–Kier alpha value is -1.81. The third-order valence-electron chi connectivity index (χ3n) is 2.62. The van der Waals surface area contributed by atoms with Crippen molar-refractivity contribution < 1.29 is 4.74 Å². The summed E-state index contributed by atoms with van der Waals surface area (Å²) >= 11 is 0. The average molecular weight is 245 g/mol. The molecule has 1 N–H and O–H groups in total. The summed E-state index contributed by atoms with van der Waals surface area (Å²) in [5.74, 6) is 0.941. The van der Waals surface area contributed by atoms with E-state index in [0.717, 1.165) is 38.4 Å². The van der Waals surface area contributed by atoms with Crippen LogP contribution in [0.15, 0.2) is 49.1 Å². The fourth-order valence-corrected chi connectivity index (χ4v) is 1.66. The summed E-state index contributed by atoms with van der Waals surface area (Å²) in [5.41, 5.74) is 0. The lowest BCUT2D eigenvalue weighted by molar-refractivity contribution is 0.308. The Bertz CT molecular complexity index is 414. The summed E-state index contributed by atoms with van der Waals surface area (Å²) < 4.78 is 7.67. The van der Waals surface area contributed by atoms with Crippen LogP contribution in [0.4, 0.5) is 0 Å². The maximum atomic E-state index is 5.60. The van der Waals surface area contributed by atoms with E-state index in [1.807, 2.05) is 42.9 Å². The maximum absolute atomic E-state index is 5.60. The number of hydrogen-bond acceptors (Lipinski definition) is 3. The summed E-state index contributed by atoms with van der Waals surface area (Å²) in [6.45, 7) is 3.64. The van der Waals surface area contributed by atoms with Gasteiger partial charge in [-0.3, -0.25) is 0 Å². The number of aromatic nitrogens is 2. The zero-order valence-corrected chi connectivity index (χ0v) is 10.5. The van der Waals surface area contributed by atoms with Crippen molar-refractivity contribution in [3.05, 3.63) is 49.1 Å². The predicted molar refractivity (Wildman–Crippen MR) is 71.7 cm³/mol. The van der Waals surface area contributed by atoms with Gasteiger partial charge in [0.2, 0.25) is 0 Å². The minimum Gasteiger partial charge on any atom is -0.494 e. The van der Waals surface area contributed by atoms with Crippen molar-refractivity contribution in [2.24, 2.45) is 0 Å². The molecule has 4 nitrogen and oxygen atoms in total. The highest BCUT2D eigenvalue weighted by Crippen LogP contribution is 2.07. The first-order valence-electron chi connectivity index (χ1n) is 6.29. The molecule has 0 fully saturated rings. The summed E-state index contributed by atoms with van der Waals surface area (Å²) in [4.78, 5) is 4.00. The fourth-order valence-electron chi connectivity index (χ4n) is 1.66. The Morgan fingerprint density at radius 1 is 1.17 bits per heavy atom. The number of imidazole rings is 1. The predicted octanol–water partition coefficient (Wildman–Crippen LogP) is 1.94. The van der Waals surface area contributed by atoms with Crippen molar-refractivity contribution in [1.82, 2.24) is 14.9 Å². The lowest BCUT2D eigenvalue weighted by Crippen LogP contribution is -2.21. The second-order valence-electron chi connectivity index (χ2n) is 4.07. The lowest BCUT2D eigenvalue weighted by atomic mass is 10.3. The van der Waals surface area contributed by atoms with Crippen molar-refractivity contribution in [2.45, 2.75) is 13.0 Å². The quantitative estimate of drug-likeness (QED) is 0.722. The SMILES string of the molecule is c1ccc(OCCCNCCn2ccnc2)cc1. The molecule has 0 atom stereocenters. The van der Waals surface area contributed by atoms with Gasteiger partial charge in [0.1, 0.15) is 5.75 Å². The molecular weight excluding hydrogens is 226 g/mol. The molecule has 2 aromatic rings. The van der Waals surface area contributed by atoms with Crippen molar-refractivity contribution >= 4 is 0 Å². The van der Waals surface area contributed by atoms with E-state index in [0.29, 0.717) is 0 Å². The maximum Gasteiger partial charge on any atom is 0.119 e. The molecule has 0 saturated heterocycles. The van der Waals surface area contributed by atoms with Gasteiger partial charge in [-0.15, -0.1) is 0 Å². The lowest BCUT2D eigenvalue weighted by Gasteiger charge is -2.07. The van der Waals surface area contributed by atoms with E-state index in [2.05, 4.69) is 14.9 Å². The van der Waals surface area contributed by atoms with Gasteiger partial charge in [-0.1, -0.05) is 18.2 Å². The van der Waals surface area contributed by atoms with E-state index >= 15 is 0 Å². The summed E-state index contributed by atoms with van der Waals surface area (Å²) in [7, 11) is 0. The van der Waals surface area contributed by atoms with Crippen LogP contribution in [0.3, 0.4) is 0 Å². The van der Waals surface area contributed by atoms with Crippen molar-refractivity contribution in [1.29, 1.82) is 0 Å². The standard InChI is InChI=1S/C14H19N3O/c1-2-5-14(6-3-1)18-12-4-7-15-8-10-17-11-9-16-13-17/h1-3,5-6,9,11,13,15H,4,7-8,10,12H2. The second-order valence-corrected chi connectivity index (χ2v) is 4.07. The van der Waals surface area contributed by atoms with Crippen LogP contribution >= 0.6 is 0 Å².